The zero-order valence-electron chi connectivity index (χ0n) is 55.2. The van der Waals surface area contributed by atoms with Crippen LogP contribution in [0, 0.1) is 0 Å². The smallest absolute Gasteiger partial charge is 0.220 e. The SMILES string of the molecule is CC/C=C\C/C=C\C/C=C\C/C=C\C/C=C\C/C=C\C/C=C\CCCCCCCCCCCCCCCCCCCCCC(=O)NC(COC1OC(CO)C(OC2OC(CO)C(O)C(O)C2O)C(O)C1O)C(O)/C=C/CCCCCCCCCCCCC. The van der Waals surface area contributed by atoms with Gasteiger partial charge in [0.25, 0.3) is 0 Å². The first-order valence-electron chi connectivity index (χ1n) is 35.5. The van der Waals surface area contributed by atoms with Gasteiger partial charge in [0.15, 0.2) is 12.6 Å². The number of carbonyl (C=O) groups is 1. The van der Waals surface area contributed by atoms with Gasteiger partial charge in [-0.3, -0.25) is 4.79 Å². The molecule has 12 unspecified atom stereocenters. The molecule has 0 aromatic carbocycles. The van der Waals surface area contributed by atoms with E-state index in [1.165, 1.54) is 161 Å². The van der Waals surface area contributed by atoms with Crippen molar-refractivity contribution in [1.82, 2.24) is 5.32 Å². The molecule has 2 aliphatic heterocycles. The van der Waals surface area contributed by atoms with Crippen LogP contribution < -0.4 is 5.32 Å². The predicted molar refractivity (Wildman–Crippen MR) is 359 cm³/mol. The second kappa shape index (κ2) is 57.8. The van der Waals surface area contributed by atoms with Gasteiger partial charge in [0.05, 0.1) is 32.0 Å². The van der Waals surface area contributed by atoms with E-state index in [2.05, 4.69) is 104 Å². The summed E-state index contributed by atoms with van der Waals surface area (Å²) in [5.74, 6) is -0.239. The quantitative estimate of drug-likeness (QED) is 0.0204. The number of amides is 1. The molecule has 0 saturated carbocycles. The number of aliphatic hydroxyl groups excluding tert-OH is 8. The zero-order valence-corrected chi connectivity index (χ0v) is 55.2. The number of carbonyl (C=O) groups excluding carboxylic acids is 1. The van der Waals surface area contributed by atoms with Crippen molar-refractivity contribution in [2.24, 2.45) is 0 Å². The van der Waals surface area contributed by atoms with Crippen LogP contribution in [0.5, 0.6) is 0 Å². The molecule has 9 N–H and O–H groups in total. The first-order chi connectivity index (χ1) is 43.1. The Morgan fingerprint density at radius 2 is 0.784 bits per heavy atom. The summed E-state index contributed by atoms with van der Waals surface area (Å²) in [4.78, 5) is 13.3. The van der Waals surface area contributed by atoms with E-state index in [1.807, 2.05) is 6.08 Å². The van der Waals surface area contributed by atoms with Crippen LogP contribution in [0.25, 0.3) is 0 Å². The number of rotatable bonds is 57. The molecule has 12 atom stereocenters. The largest absolute Gasteiger partial charge is 0.394 e. The molecular formula is C74H129NO13. The molecule has 0 spiro atoms. The Balaban J connectivity index is 1.56. The lowest BCUT2D eigenvalue weighted by Gasteiger charge is -2.46. The first-order valence-corrected chi connectivity index (χ1v) is 35.5. The van der Waals surface area contributed by atoms with Crippen LogP contribution in [0.3, 0.4) is 0 Å². The maximum absolute atomic E-state index is 13.3. The van der Waals surface area contributed by atoms with Gasteiger partial charge in [-0.1, -0.05) is 284 Å². The molecule has 14 nitrogen and oxygen atoms in total. The summed E-state index contributed by atoms with van der Waals surface area (Å²) >= 11 is 0. The van der Waals surface area contributed by atoms with E-state index in [1.54, 1.807) is 6.08 Å². The van der Waals surface area contributed by atoms with Gasteiger partial charge < -0.3 is 65.1 Å². The van der Waals surface area contributed by atoms with Gasteiger partial charge in [-0.15, -0.1) is 0 Å². The summed E-state index contributed by atoms with van der Waals surface area (Å²) in [5.41, 5.74) is 0. The first kappa shape index (κ1) is 81.0. The minimum absolute atomic E-state index is 0.239. The Bertz CT molecular complexity index is 1850. The van der Waals surface area contributed by atoms with Crippen LogP contribution >= 0.6 is 0 Å². The molecule has 2 saturated heterocycles. The van der Waals surface area contributed by atoms with Gasteiger partial charge in [0, 0.05) is 6.42 Å². The summed E-state index contributed by atoms with van der Waals surface area (Å²) in [6.07, 6.45) is 64.8. The lowest BCUT2D eigenvalue weighted by molar-refractivity contribution is -0.359. The van der Waals surface area contributed by atoms with Crippen LogP contribution in [0.15, 0.2) is 97.2 Å². The number of hydrogen-bond donors (Lipinski definition) is 9. The van der Waals surface area contributed by atoms with Crippen LogP contribution in [0.4, 0.5) is 0 Å². The monoisotopic (exact) mass is 1240 g/mol. The van der Waals surface area contributed by atoms with Crippen molar-refractivity contribution in [3.63, 3.8) is 0 Å². The van der Waals surface area contributed by atoms with Crippen molar-refractivity contribution in [2.75, 3.05) is 19.8 Å². The normalized spacial score (nSPS) is 23.8. The van der Waals surface area contributed by atoms with E-state index >= 15 is 0 Å². The van der Waals surface area contributed by atoms with Crippen molar-refractivity contribution in [2.45, 2.75) is 344 Å². The van der Waals surface area contributed by atoms with Crippen molar-refractivity contribution in [1.29, 1.82) is 0 Å². The third-order valence-electron chi connectivity index (χ3n) is 16.8. The summed E-state index contributed by atoms with van der Waals surface area (Å²) in [5, 5.41) is 87.2. The molecule has 0 aromatic heterocycles. The molecule has 88 heavy (non-hydrogen) atoms. The second-order valence-electron chi connectivity index (χ2n) is 24.6. The molecule has 2 aliphatic rings. The number of nitrogens with one attached hydrogen (secondary N) is 1. The average molecular weight is 1240 g/mol. The topological polar surface area (TPSA) is 228 Å². The minimum Gasteiger partial charge on any atom is -0.394 e. The maximum atomic E-state index is 13.3. The summed E-state index contributed by atoms with van der Waals surface area (Å²) < 4.78 is 22.8. The Hall–Kier alpha value is -3.09. The fraction of sp³-hybridized carbons (Fsp3) is 0.770. The fourth-order valence-corrected chi connectivity index (χ4v) is 11.2. The highest BCUT2D eigenvalue weighted by Gasteiger charge is 2.51. The van der Waals surface area contributed by atoms with Crippen LogP contribution in [-0.2, 0) is 23.7 Å². The molecule has 14 heteroatoms. The molecule has 0 aliphatic carbocycles. The van der Waals surface area contributed by atoms with Crippen molar-refractivity contribution in [3.8, 4) is 0 Å². The van der Waals surface area contributed by atoms with Crippen molar-refractivity contribution < 1.29 is 64.6 Å². The van der Waals surface area contributed by atoms with Crippen molar-refractivity contribution in [3.05, 3.63) is 97.2 Å². The highest BCUT2D eigenvalue weighted by atomic mass is 16.7. The molecule has 0 radical (unpaired) electrons. The summed E-state index contributed by atoms with van der Waals surface area (Å²) in [6, 6.07) is -0.916. The molecule has 0 aromatic rings. The third-order valence-corrected chi connectivity index (χ3v) is 16.8. The molecule has 1 amide bonds. The number of unbranched alkanes of at least 4 members (excludes halogenated alkanes) is 30. The van der Waals surface area contributed by atoms with E-state index in [-0.39, 0.29) is 18.9 Å². The number of ether oxygens (including phenoxy) is 4. The van der Waals surface area contributed by atoms with E-state index in [0.717, 1.165) is 83.5 Å². The molecule has 2 rings (SSSR count). The van der Waals surface area contributed by atoms with E-state index in [9.17, 15) is 45.6 Å². The zero-order chi connectivity index (χ0) is 63.8. The Morgan fingerprint density at radius 1 is 0.420 bits per heavy atom. The minimum atomic E-state index is -1.79. The van der Waals surface area contributed by atoms with Crippen LogP contribution in [-0.4, -0.2) is 140 Å². The van der Waals surface area contributed by atoms with Gasteiger partial charge in [-0.2, -0.15) is 0 Å². The Morgan fingerprint density at radius 3 is 1.20 bits per heavy atom. The van der Waals surface area contributed by atoms with Gasteiger partial charge >= 0.3 is 0 Å². The Kier molecular flexibility index (Phi) is 53.2. The molecule has 0 bridgehead atoms. The lowest BCUT2D eigenvalue weighted by atomic mass is 9.97. The van der Waals surface area contributed by atoms with Gasteiger partial charge in [-0.05, 0) is 77.0 Å². The predicted octanol–water partition coefficient (Wildman–Crippen LogP) is 14.6. The van der Waals surface area contributed by atoms with E-state index < -0.39 is 86.8 Å². The molecule has 2 heterocycles. The standard InChI is InChI=1S/C74H129NO13/c1-3-5-7-9-11-13-15-17-18-19-20-21-22-23-24-25-26-27-28-29-30-31-32-33-34-35-36-37-38-39-40-41-42-43-44-46-48-50-52-54-56-58-66(79)75-62(63(78)57-55-53-51-49-47-45-16-14-12-10-8-6-4-2)61-85-73-71(84)69(82)72(65(60-77)87-73)88-74-70(83)68(81)67(80)64(59-76)86-74/h5,7,11,13,17-18,20-21,23-24,26-27,29-30,55,57,62-65,67-74,76-78,80-84H,3-4,6,8-10,12,14-16,19,22,25,28,31-54,56,58-61H2,1-2H3,(H,75,79)/b7-5-,13-11-,18-17-,21-20-,24-23-,27-26-,30-29-,57-55+. The number of aliphatic hydroxyl groups is 8. The lowest BCUT2D eigenvalue weighted by Crippen LogP contribution is -2.65. The number of hydrogen-bond acceptors (Lipinski definition) is 13. The van der Waals surface area contributed by atoms with Gasteiger partial charge in [0.1, 0.15) is 48.8 Å². The summed E-state index contributed by atoms with van der Waals surface area (Å²) in [6.45, 7) is 2.68. The fourth-order valence-electron chi connectivity index (χ4n) is 11.2. The van der Waals surface area contributed by atoms with E-state index in [4.69, 9.17) is 18.9 Å². The highest BCUT2D eigenvalue weighted by Crippen LogP contribution is 2.30. The molecular weight excluding hydrogens is 1110 g/mol. The van der Waals surface area contributed by atoms with Gasteiger partial charge in [0.2, 0.25) is 5.91 Å². The number of allylic oxidation sites excluding steroid dienone is 15. The summed E-state index contributed by atoms with van der Waals surface area (Å²) in [7, 11) is 0. The third kappa shape index (κ3) is 41.4. The van der Waals surface area contributed by atoms with Gasteiger partial charge in [-0.25, -0.2) is 0 Å². The van der Waals surface area contributed by atoms with E-state index in [0.29, 0.717) is 6.42 Å². The van der Waals surface area contributed by atoms with Crippen molar-refractivity contribution >= 4 is 5.91 Å². The average Bonchev–Trinajstić information content (AvgIpc) is 2.45. The second-order valence-corrected chi connectivity index (χ2v) is 24.6. The highest BCUT2D eigenvalue weighted by molar-refractivity contribution is 5.76. The Labute approximate surface area is 534 Å². The molecule has 508 valence electrons. The van der Waals surface area contributed by atoms with Crippen LogP contribution in [0.1, 0.15) is 271 Å². The molecule has 2 fully saturated rings. The maximum Gasteiger partial charge on any atom is 0.220 e. The van der Waals surface area contributed by atoms with Crippen LogP contribution in [0.2, 0.25) is 0 Å².